The van der Waals surface area contributed by atoms with E-state index in [1.807, 2.05) is 0 Å². The average Bonchev–Trinajstić information content (AvgIpc) is 2.31. The van der Waals surface area contributed by atoms with E-state index >= 15 is 0 Å². The number of hydrogen-bond donors (Lipinski definition) is 0. The highest BCUT2D eigenvalue weighted by atomic mass is 31.2. The number of morpholine rings is 2. The number of hydrogen-bond acceptors (Lipinski definition) is 3. The minimum Gasteiger partial charge on any atom is -0.379 e. The molecule has 0 saturated carbocycles. The zero-order valence-corrected chi connectivity index (χ0v) is 9.50. The minimum atomic E-state index is -3.84. The third-order valence-corrected chi connectivity index (χ3v) is 4.87. The van der Waals surface area contributed by atoms with Crippen LogP contribution in [-0.2, 0) is 14.0 Å². The van der Waals surface area contributed by atoms with Gasteiger partial charge in [-0.05, 0) is 0 Å². The lowest BCUT2D eigenvalue weighted by Crippen LogP contribution is -2.41. The van der Waals surface area contributed by atoms with Gasteiger partial charge in [0.25, 0.3) is 0 Å². The smallest absolute Gasteiger partial charge is 0.379 e. The van der Waals surface area contributed by atoms with Crippen LogP contribution < -0.4 is 0 Å². The summed E-state index contributed by atoms with van der Waals surface area (Å²) in [7, 11) is -3.84. The van der Waals surface area contributed by atoms with Gasteiger partial charge in [0.1, 0.15) is 0 Å². The Labute approximate surface area is 88.7 Å². The number of rotatable bonds is 2. The van der Waals surface area contributed by atoms with Gasteiger partial charge in [0.15, 0.2) is 0 Å². The summed E-state index contributed by atoms with van der Waals surface area (Å²) in [4.78, 5) is 0. The van der Waals surface area contributed by atoms with Crippen LogP contribution in [0.3, 0.4) is 0 Å². The van der Waals surface area contributed by atoms with Crippen LogP contribution in [-0.4, -0.2) is 61.9 Å². The molecule has 2 aliphatic rings. The molecule has 2 heterocycles. The lowest BCUT2D eigenvalue weighted by atomic mass is 10.5. The molecule has 0 aromatic rings. The van der Waals surface area contributed by atoms with E-state index in [-0.39, 0.29) is 0 Å². The van der Waals surface area contributed by atoms with Crippen LogP contribution in [0.15, 0.2) is 0 Å². The van der Waals surface area contributed by atoms with Crippen LogP contribution in [0, 0.1) is 0 Å². The molecule has 0 aromatic carbocycles. The number of ether oxygens (including phenoxy) is 2. The Morgan fingerprint density at radius 3 is 1.53 bits per heavy atom. The largest absolute Gasteiger partial charge is 0.383 e. The van der Waals surface area contributed by atoms with Crippen molar-refractivity contribution < 1.29 is 18.2 Å². The first kappa shape index (κ1) is 11.5. The van der Waals surface area contributed by atoms with Crippen molar-refractivity contribution in [3.8, 4) is 0 Å². The molecule has 0 amide bonds. The zero-order valence-electron chi connectivity index (χ0n) is 8.60. The lowest BCUT2D eigenvalue weighted by Gasteiger charge is -2.36. The fourth-order valence-corrected chi connectivity index (χ4v) is 3.45. The summed E-state index contributed by atoms with van der Waals surface area (Å²) in [5.74, 6) is 0. The monoisotopic (exact) mass is 238 g/mol. The SMILES string of the molecule is O=P(F)(N1CCOCC1)N1CCOCC1. The van der Waals surface area contributed by atoms with E-state index in [0.29, 0.717) is 52.6 Å². The zero-order chi connectivity index (χ0) is 10.7. The second-order valence-electron chi connectivity index (χ2n) is 3.61. The molecule has 2 fully saturated rings. The van der Waals surface area contributed by atoms with Crippen LogP contribution in [0.5, 0.6) is 0 Å². The maximum atomic E-state index is 14.2. The lowest BCUT2D eigenvalue weighted by molar-refractivity contribution is 0.0475. The molecule has 15 heavy (non-hydrogen) atoms. The predicted octanol–water partition coefficient (Wildman–Crippen LogP) is 0.728. The first-order valence-electron chi connectivity index (χ1n) is 5.17. The molecule has 88 valence electrons. The van der Waals surface area contributed by atoms with E-state index in [1.165, 1.54) is 9.34 Å². The molecule has 0 aromatic heterocycles. The molecule has 7 heteroatoms. The molecule has 0 unspecified atom stereocenters. The van der Waals surface area contributed by atoms with Gasteiger partial charge in [-0.3, -0.25) is 4.57 Å². The van der Waals surface area contributed by atoms with E-state index in [0.717, 1.165) is 0 Å². The van der Waals surface area contributed by atoms with Crippen LogP contribution in [0.1, 0.15) is 0 Å². The molecule has 2 aliphatic heterocycles. The fourth-order valence-electron chi connectivity index (χ4n) is 1.78. The fraction of sp³-hybridized carbons (Fsp3) is 1.00. The summed E-state index contributed by atoms with van der Waals surface area (Å²) in [5.41, 5.74) is 0. The van der Waals surface area contributed by atoms with Gasteiger partial charge in [0.05, 0.1) is 26.4 Å². The van der Waals surface area contributed by atoms with E-state index in [9.17, 15) is 8.76 Å². The van der Waals surface area contributed by atoms with Gasteiger partial charge in [-0.1, -0.05) is 0 Å². The van der Waals surface area contributed by atoms with E-state index < -0.39 is 7.75 Å². The van der Waals surface area contributed by atoms with Crippen LogP contribution in [0.25, 0.3) is 0 Å². The van der Waals surface area contributed by atoms with Crippen molar-refractivity contribution in [2.24, 2.45) is 0 Å². The third kappa shape index (κ3) is 2.57. The molecule has 0 spiro atoms. The Morgan fingerprint density at radius 2 is 1.20 bits per heavy atom. The highest BCUT2D eigenvalue weighted by Crippen LogP contribution is 2.55. The minimum absolute atomic E-state index is 0.408. The molecule has 5 nitrogen and oxygen atoms in total. The molecule has 0 atom stereocenters. The van der Waals surface area contributed by atoms with Gasteiger partial charge in [0, 0.05) is 26.2 Å². The molecule has 0 aliphatic carbocycles. The van der Waals surface area contributed by atoms with Gasteiger partial charge in [-0.2, -0.15) is 4.20 Å². The van der Waals surface area contributed by atoms with E-state index in [1.54, 1.807) is 0 Å². The number of halogens is 1. The molecular weight excluding hydrogens is 222 g/mol. The van der Waals surface area contributed by atoms with E-state index in [4.69, 9.17) is 9.47 Å². The van der Waals surface area contributed by atoms with Crippen molar-refractivity contribution in [1.82, 2.24) is 9.34 Å². The maximum absolute atomic E-state index is 14.2. The first-order valence-corrected chi connectivity index (χ1v) is 6.67. The van der Waals surface area contributed by atoms with Gasteiger partial charge >= 0.3 is 7.75 Å². The quantitative estimate of drug-likeness (QED) is 0.663. The second kappa shape index (κ2) is 4.89. The van der Waals surface area contributed by atoms with Crippen LogP contribution in [0.2, 0.25) is 0 Å². The summed E-state index contributed by atoms with van der Waals surface area (Å²) in [6.07, 6.45) is 0. The van der Waals surface area contributed by atoms with Gasteiger partial charge in [-0.15, -0.1) is 0 Å². The third-order valence-electron chi connectivity index (χ3n) is 2.67. The molecule has 0 bridgehead atoms. The van der Waals surface area contributed by atoms with Crippen molar-refractivity contribution in [2.75, 3.05) is 52.6 Å². The second-order valence-corrected chi connectivity index (χ2v) is 5.68. The number of nitrogens with zero attached hydrogens (tertiary/aromatic N) is 2. The Morgan fingerprint density at radius 1 is 0.867 bits per heavy atom. The van der Waals surface area contributed by atoms with Crippen LogP contribution in [0.4, 0.5) is 4.20 Å². The summed E-state index contributed by atoms with van der Waals surface area (Å²) in [6.45, 7) is 3.46. The van der Waals surface area contributed by atoms with Gasteiger partial charge < -0.3 is 9.47 Å². The standard InChI is InChI=1S/C8H16FN2O3P/c9-15(12,10-1-5-13-6-2-10)11-3-7-14-8-4-11/h1-8H2. The molecule has 0 radical (unpaired) electrons. The van der Waals surface area contributed by atoms with Crippen molar-refractivity contribution in [3.63, 3.8) is 0 Å². The maximum Gasteiger partial charge on any atom is 0.383 e. The Hall–Kier alpha value is -0.0000000000000000416. The summed E-state index contributed by atoms with van der Waals surface area (Å²) in [6, 6.07) is 0. The normalized spacial score (nSPS) is 26.7. The molecule has 0 N–H and O–H groups in total. The Balaban J connectivity index is 1.99. The first-order chi connectivity index (χ1) is 7.21. The topological polar surface area (TPSA) is 42.0 Å². The Kier molecular flexibility index (Phi) is 3.74. The van der Waals surface area contributed by atoms with E-state index in [2.05, 4.69) is 0 Å². The molecule has 2 saturated heterocycles. The molecular formula is C8H16FN2O3P. The summed E-state index contributed by atoms with van der Waals surface area (Å²) in [5, 5.41) is 0. The van der Waals surface area contributed by atoms with Crippen molar-refractivity contribution >= 4 is 7.75 Å². The van der Waals surface area contributed by atoms with Crippen molar-refractivity contribution in [1.29, 1.82) is 0 Å². The van der Waals surface area contributed by atoms with Crippen molar-refractivity contribution in [3.05, 3.63) is 0 Å². The molecule has 2 rings (SSSR count). The predicted molar refractivity (Wildman–Crippen MR) is 53.5 cm³/mol. The average molecular weight is 238 g/mol. The van der Waals surface area contributed by atoms with Gasteiger partial charge in [-0.25, -0.2) is 9.34 Å². The van der Waals surface area contributed by atoms with Crippen LogP contribution >= 0.6 is 7.75 Å². The summed E-state index contributed by atoms with van der Waals surface area (Å²) < 4.78 is 39.2. The van der Waals surface area contributed by atoms with Crippen molar-refractivity contribution in [2.45, 2.75) is 0 Å². The van der Waals surface area contributed by atoms with Gasteiger partial charge in [0.2, 0.25) is 0 Å². The Bertz CT molecular complexity index is 232. The highest BCUT2D eigenvalue weighted by Gasteiger charge is 2.38. The highest BCUT2D eigenvalue weighted by molar-refractivity contribution is 7.53. The summed E-state index contributed by atoms with van der Waals surface area (Å²) >= 11 is 0.